The van der Waals surface area contributed by atoms with Crippen LogP contribution in [0.25, 0.3) is 0 Å². The molecule has 0 spiro atoms. The molecule has 0 rings (SSSR count). The molecule has 0 N–H and O–H groups in total. The molecular weight excluding hydrogens is 168 g/mol. The molecular formula is C10H16O3. The maximum atomic E-state index is 5.07. The summed E-state index contributed by atoms with van der Waals surface area (Å²) in [6, 6.07) is 0. The highest BCUT2D eigenvalue weighted by atomic mass is 16.8. The average molecular weight is 184 g/mol. The lowest BCUT2D eigenvalue weighted by atomic mass is 10.7. The second-order valence-electron chi connectivity index (χ2n) is 2.11. The molecule has 13 heavy (non-hydrogen) atoms. The van der Waals surface area contributed by atoms with E-state index in [1.54, 1.807) is 18.2 Å². The van der Waals surface area contributed by atoms with E-state index in [-0.39, 0.29) is 0 Å². The van der Waals surface area contributed by atoms with Crippen LogP contribution in [-0.4, -0.2) is 6.48 Å². The largest absolute Gasteiger partial charge is 0.431 e. The van der Waals surface area contributed by atoms with Gasteiger partial charge in [0.25, 0.3) is 0 Å². The van der Waals surface area contributed by atoms with E-state index in [1.165, 1.54) is 18.8 Å². The van der Waals surface area contributed by atoms with Gasteiger partial charge < -0.3 is 14.2 Å². The second kappa shape index (κ2) is 8.71. The molecule has 0 radical (unpaired) electrons. The zero-order valence-corrected chi connectivity index (χ0v) is 8.27. The Bertz CT molecular complexity index is 149. The lowest BCUT2D eigenvalue weighted by Crippen LogP contribution is -2.13. The maximum absolute atomic E-state index is 5.07. The molecule has 0 aromatic rings. The summed E-state index contributed by atoms with van der Waals surface area (Å²) in [5.74, 6) is 0. The third-order valence-electron chi connectivity index (χ3n) is 0.977. The Morgan fingerprint density at radius 3 is 1.23 bits per heavy atom. The predicted octanol–water partition coefficient (Wildman–Crippen LogP) is 2.92. The molecule has 0 aliphatic heterocycles. The molecule has 0 aliphatic carbocycles. The van der Waals surface area contributed by atoms with E-state index in [9.17, 15) is 0 Å². The fraction of sp³-hybridized carbons (Fsp3) is 0.400. The fourth-order valence-corrected chi connectivity index (χ4v) is 0.524. The van der Waals surface area contributed by atoms with Crippen molar-refractivity contribution in [3.63, 3.8) is 0 Å². The number of allylic oxidation sites excluding steroid dienone is 3. The molecule has 0 saturated heterocycles. The third-order valence-corrected chi connectivity index (χ3v) is 0.977. The highest BCUT2D eigenvalue weighted by Crippen LogP contribution is 2.00. The van der Waals surface area contributed by atoms with Gasteiger partial charge in [-0.2, -0.15) is 0 Å². The molecule has 74 valence electrons. The molecule has 0 aromatic heterocycles. The first kappa shape index (κ1) is 11.6. The summed E-state index contributed by atoms with van der Waals surface area (Å²) in [4.78, 5) is 0. The van der Waals surface area contributed by atoms with E-state index >= 15 is 0 Å². The normalized spacial score (nSPS) is 12.0. The Hall–Kier alpha value is -1.38. The van der Waals surface area contributed by atoms with Crippen LogP contribution in [0.15, 0.2) is 37.0 Å². The van der Waals surface area contributed by atoms with Gasteiger partial charge in [-0.05, 0) is 20.8 Å². The minimum atomic E-state index is -0.719. The number of hydrogen-bond donors (Lipinski definition) is 0. The van der Waals surface area contributed by atoms with Crippen LogP contribution in [0.3, 0.4) is 0 Å². The summed E-state index contributed by atoms with van der Waals surface area (Å²) in [6.07, 6.45) is 9.80. The van der Waals surface area contributed by atoms with Gasteiger partial charge in [0.15, 0.2) is 0 Å². The van der Waals surface area contributed by atoms with Gasteiger partial charge in [0.05, 0.1) is 18.8 Å². The molecule has 0 bridgehead atoms. The van der Waals surface area contributed by atoms with Crippen LogP contribution >= 0.6 is 0 Å². The second-order valence-corrected chi connectivity index (χ2v) is 2.11. The van der Waals surface area contributed by atoms with Crippen LogP contribution in [0.5, 0.6) is 0 Å². The smallest absolute Gasteiger partial charge is 0.404 e. The summed E-state index contributed by atoms with van der Waals surface area (Å²) in [7, 11) is 0. The first-order valence-corrected chi connectivity index (χ1v) is 4.15. The first-order chi connectivity index (χ1) is 6.35. The van der Waals surface area contributed by atoms with Crippen LogP contribution in [0, 0.1) is 0 Å². The van der Waals surface area contributed by atoms with Gasteiger partial charge in [0.2, 0.25) is 0 Å². The molecule has 0 amide bonds. The van der Waals surface area contributed by atoms with Crippen molar-refractivity contribution in [2.45, 2.75) is 27.2 Å². The average Bonchev–Trinajstić information content (AvgIpc) is 2.17. The van der Waals surface area contributed by atoms with Crippen LogP contribution in [0.4, 0.5) is 0 Å². The van der Waals surface area contributed by atoms with Gasteiger partial charge >= 0.3 is 6.48 Å². The molecule has 0 atom stereocenters. The third kappa shape index (κ3) is 7.00. The van der Waals surface area contributed by atoms with Crippen molar-refractivity contribution in [2.24, 2.45) is 0 Å². The predicted molar refractivity (Wildman–Crippen MR) is 51.5 cm³/mol. The number of hydrogen-bond acceptors (Lipinski definition) is 3. The van der Waals surface area contributed by atoms with Gasteiger partial charge in [-0.25, -0.2) is 0 Å². The summed E-state index contributed by atoms with van der Waals surface area (Å²) in [6.45, 7) is 4.83. The van der Waals surface area contributed by atoms with Crippen molar-refractivity contribution in [3.8, 4) is 0 Å². The van der Waals surface area contributed by atoms with Crippen molar-refractivity contribution in [2.75, 3.05) is 0 Å². The molecule has 0 heterocycles. The zero-order valence-electron chi connectivity index (χ0n) is 8.27. The van der Waals surface area contributed by atoms with Gasteiger partial charge in [0, 0.05) is 0 Å². The van der Waals surface area contributed by atoms with Crippen molar-refractivity contribution in [1.29, 1.82) is 0 Å². The molecule has 0 aromatic carbocycles. The molecule has 0 unspecified atom stereocenters. The van der Waals surface area contributed by atoms with Crippen LogP contribution in [0.2, 0.25) is 0 Å². The van der Waals surface area contributed by atoms with E-state index in [4.69, 9.17) is 14.2 Å². The Morgan fingerprint density at radius 1 is 0.692 bits per heavy atom. The van der Waals surface area contributed by atoms with Crippen LogP contribution < -0.4 is 0 Å². The van der Waals surface area contributed by atoms with Gasteiger partial charge in [-0.3, -0.25) is 0 Å². The Kier molecular flexibility index (Phi) is 7.79. The van der Waals surface area contributed by atoms with Crippen molar-refractivity contribution >= 4 is 0 Å². The van der Waals surface area contributed by atoms with Gasteiger partial charge in [-0.15, -0.1) is 0 Å². The monoisotopic (exact) mass is 184 g/mol. The molecule has 3 heteroatoms. The van der Waals surface area contributed by atoms with E-state index in [0.717, 1.165) is 0 Å². The molecule has 0 fully saturated rings. The maximum Gasteiger partial charge on any atom is 0.404 e. The van der Waals surface area contributed by atoms with Gasteiger partial charge in [-0.1, -0.05) is 18.2 Å². The first-order valence-electron chi connectivity index (χ1n) is 4.15. The quantitative estimate of drug-likeness (QED) is 0.469. The Labute approximate surface area is 79.3 Å². The number of ether oxygens (including phenoxy) is 3. The topological polar surface area (TPSA) is 27.7 Å². The van der Waals surface area contributed by atoms with Crippen molar-refractivity contribution in [1.82, 2.24) is 0 Å². The van der Waals surface area contributed by atoms with Crippen molar-refractivity contribution < 1.29 is 14.2 Å². The van der Waals surface area contributed by atoms with Crippen molar-refractivity contribution in [3.05, 3.63) is 37.0 Å². The highest BCUT2D eigenvalue weighted by molar-refractivity contribution is 4.70. The van der Waals surface area contributed by atoms with E-state index in [2.05, 4.69) is 0 Å². The van der Waals surface area contributed by atoms with E-state index in [1.807, 2.05) is 20.8 Å². The molecule has 3 nitrogen and oxygen atoms in total. The lowest BCUT2D eigenvalue weighted by molar-refractivity contribution is -0.212. The molecule has 0 aliphatic rings. The summed E-state index contributed by atoms with van der Waals surface area (Å²) >= 11 is 0. The summed E-state index contributed by atoms with van der Waals surface area (Å²) < 4.78 is 15.2. The van der Waals surface area contributed by atoms with Crippen LogP contribution in [0.1, 0.15) is 20.8 Å². The SMILES string of the molecule is C/C=C\OC(O/C=C\C)O/C=C\C. The minimum absolute atomic E-state index is 0.719. The lowest BCUT2D eigenvalue weighted by Gasteiger charge is -2.13. The molecule has 0 saturated carbocycles. The summed E-state index contributed by atoms with van der Waals surface area (Å²) in [5, 5.41) is 0. The number of rotatable bonds is 6. The van der Waals surface area contributed by atoms with E-state index < -0.39 is 6.48 Å². The summed E-state index contributed by atoms with van der Waals surface area (Å²) in [5.41, 5.74) is 0. The van der Waals surface area contributed by atoms with Gasteiger partial charge in [0.1, 0.15) is 0 Å². The zero-order chi connectivity index (χ0) is 9.94. The van der Waals surface area contributed by atoms with E-state index in [0.29, 0.717) is 0 Å². The minimum Gasteiger partial charge on any atom is -0.431 e. The Morgan fingerprint density at radius 2 is 1.00 bits per heavy atom. The van der Waals surface area contributed by atoms with Crippen LogP contribution in [-0.2, 0) is 14.2 Å². The standard InChI is InChI=1S/C10H16O3/c1-4-7-11-10(12-8-5-2)13-9-6-3/h4-10H,1-3H3/b7-4-,8-5-,9-6-. The fourth-order valence-electron chi connectivity index (χ4n) is 0.524. The Balaban J connectivity index is 3.86. The highest BCUT2D eigenvalue weighted by Gasteiger charge is 2.03.